The topological polar surface area (TPSA) is 63.1 Å². The number of hydrogen-bond donors (Lipinski definition) is 1. The van der Waals surface area contributed by atoms with Crippen molar-refractivity contribution >= 4 is 5.97 Å². The average Bonchev–Trinajstić information content (AvgIpc) is 2.41. The Morgan fingerprint density at radius 3 is 2.50 bits per heavy atom. The lowest BCUT2D eigenvalue weighted by Gasteiger charge is -2.02. The molecule has 18 heavy (non-hydrogen) atoms. The predicted octanol–water partition coefficient (Wildman–Crippen LogP) is 3.18. The summed E-state index contributed by atoms with van der Waals surface area (Å²) in [6.07, 6.45) is 1.26. The van der Waals surface area contributed by atoms with Gasteiger partial charge in [-0.25, -0.2) is 14.8 Å². The van der Waals surface area contributed by atoms with Gasteiger partial charge in [-0.1, -0.05) is 37.6 Å². The summed E-state index contributed by atoms with van der Waals surface area (Å²) in [7, 11) is 0. The summed E-state index contributed by atoms with van der Waals surface area (Å²) in [5.74, 6) is -1.05. The molecule has 94 valence electrons. The third-order valence-corrected chi connectivity index (χ3v) is 2.20. The van der Waals surface area contributed by atoms with E-state index in [2.05, 4.69) is 9.97 Å². The molecule has 0 amide bonds. The number of aromatic nitrogens is 2. The Labute approximate surface area is 106 Å². The third-order valence-electron chi connectivity index (χ3n) is 2.20. The zero-order valence-electron chi connectivity index (χ0n) is 10.7. The predicted molar refractivity (Wildman–Crippen MR) is 70.5 cm³/mol. The molecule has 0 atom stereocenters. The fourth-order valence-corrected chi connectivity index (χ4v) is 1.44. The van der Waals surface area contributed by atoms with E-state index < -0.39 is 5.97 Å². The van der Waals surface area contributed by atoms with Gasteiger partial charge in [-0.3, -0.25) is 0 Å². The molecule has 0 saturated carbocycles. The maximum Gasteiger partial charge on any atom is 0.354 e. The third kappa shape index (κ3) is 3.38. The number of nitrogens with zero attached hydrogens (tertiary/aromatic N) is 2. The molecule has 2 rings (SSSR count). The maximum atomic E-state index is 10.8. The molecule has 4 nitrogen and oxygen atoms in total. The van der Waals surface area contributed by atoms with Crippen molar-refractivity contribution < 1.29 is 9.90 Å². The summed E-state index contributed by atoms with van der Waals surface area (Å²) >= 11 is 0. The Kier molecular flexibility index (Phi) is 4.99. The second-order valence-electron chi connectivity index (χ2n) is 3.46. The first kappa shape index (κ1) is 13.8. The fraction of sp³-hybridized carbons (Fsp3) is 0.214. The summed E-state index contributed by atoms with van der Waals surface area (Å²) in [5, 5.41) is 8.82. The van der Waals surface area contributed by atoms with Crippen molar-refractivity contribution in [3.8, 4) is 11.3 Å². The first-order valence-electron chi connectivity index (χ1n) is 5.79. The first-order valence-corrected chi connectivity index (χ1v) is 5.79. The highest BCUT2D eigenvalue weighted by Gasteiger charge is 2.07. The van der Waals surface area contributed by atoms with E-state index in [1.165, 1.54) is 12.4 Å². The second kappa shape index (κ2) is 6.49. The molecule has 0 aliphatic rings. The average molecular weight is 244 g/mol. The van der Waals surface area contributed by atoms with Crippen LogP contribution in [-0.4, -0.2) is 21.0 Å². The van der Waals surface area contributed by atoms with Gasteiger partial charge in [0.25, 0.3) is 0 Å². The molecule has 0 aliphatic carbocycles. The molecule has 1 aromatic carbocycles. The van der Waals surface area contributed by atoms with Crippen LogP contribution >= 0.6 is 0 Å². The summed E-state index contributed by atoms with van der Waals surface area (Å²) < 4.78 is 0. The summed E-state index contributed by atoms with van der Waals surface area (Å²) in [6.45, 7) is 5.97. The van der Waals surface area contributed by atoms with Gasteiger partial charge in [0.2, 0.25) is 0 Å². The van der Waals surface area contributed by atoms with Gasteiger partial charge in [-0.05, 0) is 19.1 Å². The van der Waals surface area contributed by atoms with Gasteiger partial charge in [0, 0.05) is 5.56 Å². The molecule has 0 unspecified atom stereocenters. The van der Waals surface area contributed by atoms with Crippen LogP contribution < -0.4 is 0 Å². The van der Waals surface area contributed by atoms with Crippen molar-refractivity contribution in [3.05, 3.63) is 47.9 Å². The number of aromatic carboxylic acids is 1. The van der Waals surface area contributed by atoms with E-state index in [9.17, 15) is 4.79 Å². The smallest absolute Gasteiger partial charge is 0.354 e. The Morgan fingerprint density at radius 2 is 1.89 bits per heavy atom. The molecule has 0 spiro atoms. The van der Waals surface area contributed by atoms with Crippen LogP contribution in [0.25, 0.3) is 11.3 Å². The summed E-state index contributed by atoms with van der Waals surface area (Å²) in [4.78, 5) is 18.5. The van der Waals surface area contributed by atoms with Crippen molar-refractivity contribution in [2.24, 2.45) is 0 Å². The number of hydrogen-bond acceptors (Lipinski definition) is 3. The molecule has 0 bridgehead atoms. The first-order chi connectivity index (χ1) is 8.66. The van der Waals surface area contributed by atoms with Crippen LogP contribution in [0.5, 0.6) is 0 Å². The van der Waals surface area contributed by atoms with Crippen LogP contribution in [0, 0.1) is 6.92 Å². The van der Waals surface area contributed by atoms with Gasteiger partial charge in [-0.2, -0.15) is 0 Å². The number of carbonyl (C=O) groups is 1. The minimum atomic E-state index is -1.05. The Hall–Kier alpha value is -2.23. The zero-order chi connectivity index (χ0) is 13.5. The Morgan fingerprint density at radius 1 is 1.17 bits per heavy atom. The largest absolute Gasteiger partial charge is 0.477 e. The number of rotatable bonds is 2. The number of carboxylic acids is 1. The molecule has 1 aromatic heterocycles. The quantitative estimate of drug-likeness (QED) is 0.881. The van der Waals surface area contributed by atoms with Gasteiger partial charge < -0.3 is 5.11 Å². The molecule has 1 heterocycles. The highest BCUT2D eigenvalue weighted by molar-refractivity contribution is 5.86. The van der Waals surface area contributed by atoms with Gasteiger partial charge in [0.05, 0.1) is 5.69 Å². The normalized spacial score (nSPS) is 9.28. The Bertz CT molecular complexity index is 539. The number of benzene rings is 1. The molecule has 2 aromatic rings. The van der Waals surface area contributed by atoms with E-state index in [0.717, 1.165) is 11.1 Å². The van der Waals surface area contributed by atoms with Crippen molar-refractivity contribution in [2.75, 3.05) is 0 Å². The molecule has 0 aliphatic heterocycles. The Balaban J connectivity index is 0.000000771. The minimum Gasteiger partial charge on any atom is -0.477 e. The standard InChI is InChI=1S/C12H10N2O2.C2H6/c1-8-3-2-4-9(5-8)10-6-11(12(15)16)14-7-13-10;1-2/h2-7H,1H3,(H,15,16);1-2H3. The monoisotopic (exact) mass is 244 g/mol. The van der Waals surface area contributed by atoms with E-state index in [-0.39, 0.29) is 5.69 Å². The van der Waals surface area contributed by atoms with Gasteiger partial charge in [-0.15, -0.1) is 0 Å². The zero-order valence-corrected chi connectivity index (χ0v) is 10.7. The van der Waals surface area contributed by atoms with E-state index in [1.807, 2.05) is 45.0 Å². The van der Waals surface area contributed by atoms with Gasteiger partial charge in [0.15, 0.2) is 5.69 Å². The van der Waals surface area contributed by atoms with Crippen LogP contribution in [-0.2, 0) is 0 Å². The number of carboxylic acid groups (broad SMARTS) is 1. The lowest BCUT2D eigenvalue weighted by molar-refractivity contribution is 0.0690. The molecule has 0 fully saturated rings. The molecular weight excluding hydrogens is 228 g/mol. The molecular formula is C14H16N2O2. The van der Waals surface area contributed by atoms with Crippen LogP contribution in [0.1, 0.15) is 29.9 Å². The van der Waals surface area contributed by atoms with E-state index in [1.54, 1.807) is 0 Å². The van der Waals surface area contributed by atoms with E-state index >= 15 is 0 Å². The van der Waals surface area contributed by atoms with E-state index in [4.69, 9.17) is 5.11 Å². The van der Waals surface area contributed by atoms with E-state index in [0.29, 0.717) is 5.69 Å². The minimum absolute atomic E-state index is 0.00602. The van der Waals surface area contributed by atoms with Crippen LogP contribution in [0.3, 0.4) is 0 Å². The molecule has 0 saturated heterocycles. The van der Waals surface area contributed by atoms with Crippen molar-refractivity contribution in [3.63, 3.8) is 0 Å². The highest BCUT2D eigenvalue weighted by Crippen LogP contribution is 2.17. The SMILES string of the molecule is CC.Cc1cccc(-c2cc(C(=O)O)ncn2)c1. The van der Waals surface area contributed by atoms with Crippen molar-refractivity contribution in [1.82, 2.24) is 9.97 Å². The van der Waals surface area contributed by atoms with Crippen LogP contribution in [0.4, 0.5) is 0 Å². The van der Waals surface area contributed by atoms with Crippen molar-refractivity contribution in [1.29, 1.82) is 0 Å². The summed E-state index contributed by atoms with van der Waals surface area (Å²) in [5.41, 5.74) is 2.63. The second-order valence-corrected chi connectivity index (χ2v) is 3.46. The lowest BCUT2D eigenvalue weighted by Crippen LogP contribution is -2.01. The van der Waals surface area contributed by atoms with Gasteiger partial charge >= 0.3 is 5.97 Å². The van der Waals surface area contributed by atoms with Crippen LogP contribution in [0.2, 0.25) is 0 Å². The van der Waals surface area contributed by atoms with Crippen LogP contribution in [0.15, 0.2) is 36.7 Å². The fourth-order valence-electron chi connectivity index (χ4n) is 1.44. The summed E-state index contributed by atoms with van der Waals surface area (Å²) in [6, 6.07) is 9.20. The number of aryl methyl sites for hydroxylation is 1. The lowest BCUT2D eigenvalue weighted by atomic mass is 10.1. The highest BCUT2D eigenvalue weighted by atomic mass is 16.4. The molecule has 1 N–H and O–H groups in total. The molecule has 4 heteroatoms. The molecule has 0 radical (unpaired) electrons. The van der Waals surface area contributed by atoms with Gasteiger partial charge in [0.1, 0.15) is 6.33 Å². The van der Waals surface area contributed by atoms with Crippen molar-refractivity contribution in [2.45, 2.75) is 20.8 Å². The maximum absolute atomic E-state index is 10.8.